The van der Waals surface area contributed by atoms with Gasteiger partial charge in [-0.05, 0) is 25.4 Å². The lowest BCUT2D eigenvalue weighted by Gasteiger charge is -1.97. The molecule has 2 aromatic heterocycles. The van der Waals surface area contributed by atoms with E-state index in [1.807, 2.05) is 0 Å². The number of nitrogens with one attached hydrogen (secondary N) is 2. The first-order valence-electron chi connectivity index (χ1n) is 4.28. The second-order valence-electron chi connectivity index (χ2n) is 3.01. The molecule has 0 fully saturated rings. The Labute approximate surface area is 89.9 Å². The van der Waals surface area contributed by atoms with E-state index in [1.165, 1.54) is 11.5 Å². The summed E-state index contributed by atoms with van der Waals surface area (Å²) < 4.78 is 4.02. The highest BCUT2D eigenvalue weighted by atomic mass is 32.1. The molecule has 0 atom stereocenters. The fourth-order valence-corrected chi connectivity index (χ4v) is 1.77. The number of carbonyl (C=O) groups excluding carboxylic acids is 1. The van der Waals surface area contributed by atoms with Crippen molar-refractivity contribution in [3.63, 3.8) is 0 Å². The van der Waals surface area contributed by atoms with Gasteiger partial charge in [0.2, 0.25) is 5.95 Å². The van der Waals surface area contributed by atoms with Crippen LogP contribution in [-0.4, -0.2) is 25.5 Å². The van der Waals surface area contributed by atoms with E-state index in [9.17, 15) is 4.79 Å². The van der Waals surface area contributed by atoms with E-state index >= 15 is 0 Å². The van der Waals surface area contributed by atoms with Gasteiger partial charge in [0, 0.05) is 5.38 Å². The Hall–Kier alpha value is -1.76. The maximum Gasteiger partial charge on any atom is 0.260 e. The Morgan fingerprint density at radius 3 is 2.87 bits per heavy atom. The SMILES string of the molecule is Cc1nc(NC(=O)c2csnc2C)n[nH]1. The van der Waals surface area contributed by atoms with Crippen LogP contribution in [-0.2, 0) is 0 Å². The van der Waals surface area contributed by atoms with Gasteiger partial charge in [-0.25, -0.2) is 0 Å². The van der Waals surface area contributed by atoms with Gasteiger partial charge in [-0.2, -0.15) is 9.36 Å². The van der Waals surface area contributed by atoms with Crippen molar-refractivity contribution in [2.75, 3.05) is 5.32 Å². The molecule has 0 spiro atoms. The summed E-state index contributed by atoms with van der Waals surface area (Å²) in [6.45, 7) is 3.55. The summed E-state index contributed by atoms with van der Waals surface area (Å²) in [6, 6.07) is 0. The van der Waals surface area contributed by atoms with Gasteiger partial charge in [-0.15, -0.1) is 5.10 Å². The molecular formula is C8H9N5OS. The normalized spacial score (nSPS) is 10.3. The molecule has 2 N–H and O–H groups in total. The predicted molar refractivity (Wildman–Crippen MR) is 55.9 cm³/mol. The molecule has 15 heavy (non-hydrogen) atoms. The molecule has 2 aromatic rings. The van der Waals surface area contributed by atoms with Crippen LogP contribution in [0.2, 0.25) is 0 Å². The zero-order chi connectivity index (χ0) is 10.8. The smallest absolute Gasteiger partial charge is 0.260 e. The Balaban J connectivity index is 2.14. The molecule has 6 nitrogen and oxygen atoms in total. The highest BCUT2D eigenvalue weighted by molar-refractivity contribution is 7.04. The molecule has 0 aliphatic heterocycles. The third kappa shape index (κ3) is 2.01. The molecule has 0 aliphatic carbocycles. The summed E-state index contributed by atoms with van der Waals surface area (Å²) in [5.41, 5.74) is 1.27. The number of hydrogen-bond donors (Lipinski definition) is 2. The number of carbonyl (C=O) groups is 1. The van der Waals surface area contributed by atoms with Crippen molar-refractivity contribution in [3.8, 4) is 0 Å². The van der Waals surface area contributed by atoms with E-state index in [0.717, 1.165) is 0 Å². The number of anilines is 1. The molecule has 7 heteroatoms. The number of hydrogen-bond acceptors (Lipinski definition) is 5. The highest BCUT2D eigenvalue weighted by Crippen LogP contribution is 2.10. The fraction of sp³-hybridized carbons (Fsp3) is 0.250. The molecular weight excluding hydrogens is 214 g/mol. The molecule has 0 saturated heterocycles. The molecule has 0 radical (unpaired) electrons. The molecule has 0 bridgehead atoms. The first-order chi connectivity index (χ1) is 7.16. The summed E-state index contributed by atoms with van der Waals surface area (Å²) in [7, 11) is 0. The van der Waals surface area contributed by atoms with E-state index in [2.05, 4.69) is 24.9 Å². The van der Waals surface area contributed by atoms with Gasteiger partial charge in [0.25, 0.3) is 5.91 Å². The van der Waals surface area contributed by atoms with Crippen LogP contribution >= 0.6 is 11.5 Å². The van der Waals surface area contributed by atoms with E-state index in [1.54, 1.807) is 19.2 Å². The second kappa shape index (κ2) is 3.77. The first-order valence-corrected chi connectivity index (χ1v) is 5.12. The van der Waals surface area contributed by atoms with E-state index in [-0.39, 0.29) is 11.9 Å². The number of aromatic nitrogens is 4. The van der Waals surface area contributed by atoms with Crippen LogP contribution in [0, 0.1) is 13.8 Å². The van der Waals surface area contributed by atoms with Crippen LogP contribution in [0.25, 0.3) is 0 Å². The largest absolute Gasteiger partial charge is 0.289 e. The van der Waals surface area contributed by atoms with Crippen LogP contribution in [0.4, 0.5) is 5.95 Å². The van der Waals surface area contributed by atoms with Crippen molar-refractivity contribution < 1.29 is 4.79 Å². The molecule has 0 unspecified atom stereocenters. The zero-order valence-electron chi connectivity index (χ0n) is 8.24. The number of nitrogens with zero attached hydrogens (tertiary/aromatic N) is 3. The monoisotopic (exact) mass is 223 g/mol. The molecule has 0 aromatic carbocycles. The summed E-state index contributed by atoms with van der Waals surface area (Å²) in [5, 5.41) is 10.7. The number of aromatic amines is 1. The van der Waals surface area contributed by atoms with Gasteiger partial charge in [0.05, 0.1) is 11.3 Å². The summed E-state index contributed by atoms with van der Waals surface area (Å²) in [6.07, 6.45) is 0. The van der Waals surface area contributed by atoms with Gasteiger partial charge >= 0.3 is 0 Å². The maximum atomic E-state index is 11.7. The average molecular weight is 223 g/mol. The molecule has 2 rings (SSSR count). The zero-order valence-corrected chi connectivity index (χ0v) is 9.05. The third-order valence-corrected chi connectivity index (χ3v) is 2.54. The summed E-state index contributed by atoms with van der Waals surface area (Å²) >= 11 is 1.25. The fourth-order valence-electron chi connectivity index (χ4n) is 1.08. The van der Waals surface area contributed by atoms with E-state index in [0.29, 0.717) is 17.1 Å². The van der Waals surface area contributed by atoms with Crippen molar-refractivity contribution in [1.29, 1.82) is 0 Å². The number of amides is 1. The summed E-state index contributed by atoms with van der Waals surface area (Å²) in [4.78, 5) is 15.6. The molecule has 78 valence electrons. The summed E-state index contributed by atoms with van der Waals surface area (Å²) in [5.74, 6) is 0.703. The Bertz CT molecular complexity index is 489. The number of rotatable bonds is 2. The maximum absolute atomic E-state index is 11.7. The van der Waals surface area contributed by atoms with Crippen molar-refractivity contribution in [1.82, 2.24) is 19.6 Å². The minimum Gasteiger partial charge on any atom is -0.289 e. The third-order valence-electron chi connectivity index (χ3n) is 1.82. The van der Waals surface area contributed by atoms with E-state index in [4.69, 9.17) is 0 Å². The predicted octanol–water partition coefficient (Wildman–Crippen LogP) is 1.13. The van der Waals surface area contributed by atoms with Gasteiger partial charge in [-0.3, -0.25) is 15.2 Å². The topological polar surface area (TPSA) is 83.6 Å². The van der Waals surface area contributed by atoms with Gasteiger partial charge in [0.15, 0.2) is 0 Å². The minimum absolute atomic E-state index is 0.236. The lowest BCUT2D eigenvalue weighted by molar-refractivity contribution is 0.102. The molecule has 0 aliphatic rings. The minimum atomic E-state index is -0.236. The Morgan fingerprint density at radius 2 is 2.33 bits per heavy atom. The molecule has 2 heterocycles. The number of H-pyrrole nitrogens is 1. The van der Waals surface area contributed by atoms with Crippen LogP contribution in [0.5, 0.6) is 0 Å². The van der Waals surface area contributed by atoms with Crippen molar-refractivity contribution in [2.45, 2.75) is 13.8 Å². The second-order valence-corrected chi connectivity index (χ2v) is 3.64. The number of aryl methyl sites for hydroxylation is 2. The lowest BCUT2D eigenvalue weighted by Crippen LogP contribution is -2.13. The quantitative estimate of drug-likeness (QED) is 0.799. The first kappa shape index (κ1) is 9.78. The van der Waals surface area contributed by atoms with Crippen LogP contribution in [0.15, 0.2) is 5.38 Å². The van der Waals surface area contributed by atoms with Gasteiger partial charge in [0.1, 0.15) is 5.82 Å². The van der Waals surface area contributed by atoms with Crippen LogP contribution < -0.4 is 5.32 Å². The van der Waals surface area contributed by atoms with Gasteiger partial charge < -0.3 is 0 Å². The van der Waals surface area contributed by atoms with Crippen molar-refractivity contribution >= 4 is 23.4 Å². The standard InChI is InChI=1S/C8H9N5OS/c1-4-6(3-15-13-4)7(14)10-8-9-5(2)11-12-8/h3H,1-2H3,(H2,9,10,11,12,14). The van der Waals surface area contributed by atoms with Gasteiger partial charge in [-0.1, -0.05) is 0 Å². The average Bonchev–Trinajstić information content (AvgIpc) is 2.75. The Morgan fingerprint density at radius 1 is 1.53 bits per heavy atom. The Kier molecular flexibility index (Phi) is 2.46. The van der Waals surface area contributed by atoms with Crippen molar-refractivity contribution in [3.05, 3.63) is 22.5 Å². The lowest BCUT2D eigenvalue weighted by atomic mass is 10.2. The molecule has 1 amide bonds. The van der Waals surface area contributed by atoms with E-state index < -0.39 is 0 Å². The highest BCUT2D eigenvalue weighted by Gasteiger charge is 2.12. The molecule has 0 saturated carbocycles. The van der Waals surface area contributed by atoms with Crippen molar-refractivity contribution in [2.24, 2.45) is 0 Å². The van der Waals surface area contributed by atoms with Crippen LogP contribution in [0.3, 0.4) is 0 Å². The van der Waals surface area contributed by atoms with Crippen LogP contribution in [0.1, 0.15) is 21.9 Å².